The number of halogens is 1. The second kappa shape index (κ2) is 8.08. The molecule has 0 saturated heterocycles. The number of imidazole rings is 1. The maximum absolute atomic E-state index is 12.2. The highest BCUT2D eigenvalue weighted by molar-refractivity contribution is 6.30. The van der Waals surface area contributed by atoms with Crippen LogP contribution in [0.5, 0.6) is 5.75 Å². The standard InChI is InChI=1S/C25H23ClN4O3/c1-25(2,3)33-24(31)28-19-14-32-20-11-16(9-10-18(19)20)21-22(15-7-5-4-6-8-15)30-13-17(26)12-27-23(30)29-21/h4-13,19H,14H2,1-3H3,(H,28,31)/t19-/m0/s1. The molecule has 7 nitrogen and oxygen atoms in total. The van der Waals surface area contributed by atoms with Crippen LogP contribution in [0.25, 0.3) is 28.3 Å². The Morgan fingerprint density at radius 1 is 1.18 bits per heavy atom. The minimum Gasteiger partial charge on any atom is -0.491 e. The minimum atomic E-state index is -0.565. The topological polar surface area (TPSA) is 77.8 Å². The van der Waals surface area contributed by atoms with Gasteiger partial charge in [0.1, 0.15) is 18.0 Å². The summed E-state index contributed by atoms with van der Waals surface area (Å²) >= 11 is 6.23. The van der Waals surface area contributed by atoms with Crippen molar-refractivity contribution in [3.63, 3.8) is 0 Å². The zero-order valence-electron chi connectivity index (χ0n) is 18.5. The van der Waals surface area contributed by atoms with Gasteiger partial charge in [0.15, 0.2) is 0 Å². The predicted octanol–water partition coefficient (Wildman–Crippen LogP) is 5.67. The molecule has 5 rings (SSSR count). The van der Waals surface area contributed by atoms with Crippen LogP contribution < -0.4 is 10.1 Å². The van der Waals surface area contributed by atoms with Gasteiger partial charge in [-0.15, -0.1) is 0 Å². The first-order chi connectivity index (χ1) is 15.8. The van der Waals surface area contributed by atoms with Crippen LogP contribution in [-0.2, 0) is 4.74 Å². The van der Waals surface area contributed by atoms with E-state index in [1.807, 2.05) is 79.9 Å². The number of nitrogens with one attached hydrogen (secondary N) is 1. The molecule has 2 aromatic heterocycles. The number of hydrogen-bond donors (Lipinski definition) is 1. The molecule has 0 unspecified atom stereocenters. The van der Waals surface area contributed by atoms with Gasteiger partial charge in [-0.05, 0) is 26.8 Å². The van der Waals surface area contributed by atoms with Crippen molar-refractivity contribution >= 4 is 23.5 Å². The van der Waals surface area contributed by atoms with Crippen molar-refractivity contribution < 1.29 is 14.3 Å². The number of aromatic nitrogens is 3. The van der Waals surface area contributed by atoms with E-state index in [1.165, 1.54) is 0 Å². The molecule has 1 amide bonds. The van der Waals surface area contributed by atoms with Crippen LogP contribution in [0.3, 0.4) is 0 Å². The summed E-state index contributed by atoms with van der Waals surface area (Å²) in [5.74, 6) is 1.26. The molecule has 1 atom stereocenters. The summed E-state index contributed by atoms with van der Waals surface area (Å²) in [5.41, 5.74) is 3.87. The first-order valence-electron chi connectivity index (χ1n) is 10.6. The third-order valence-corrected chi connectivity index (χ3v) is 5.45. The number of benzene rings is 2. The molecular formula is C25H23ClN4O3. The van der Waals surface area contributed by atoms with Gasteiger partial charge in [-0.25, -0.2) is 14.8 Å². The largest absolute Gasteiger partial charge is 0.491 e. The Morgan fingerprint density at radius 3 is 2.73 bits per heavy atom. The van der Waals surface area contributed by atoms with Crippen molar-refractivity contribution in [2.75, 3.05) is 6.61 Å². The molecule has 0 radical (unpaired) electrons. The summed E-state index contributed by atoms with van der Waals surface area (Å²) in [6, 6.07) is 15.6. The van der Waals surface area contributed by atoms with E-state index in [1.54, 1.807) is 6.20 Å². The number of carbonyl (C=O) groups is 1. The van der Waals surface area contributed by atoms with Gasteiger partial charge in [-0.3, -0.25) is 4.40 Å². The number of hydrogen-bond acceptors (Lipinski definition) is 5. The lowest BCUT2D eigenvalue weighted by Gasteiger charge is -2.21. The molecule has 1 N–H and O–H groups in total. The fraction of sp³-hybridized carbons (Fsp3) is 0.240. The predicted molar refractivity (Wildman–Crippen MR) is 126 cm³/mol. The van der Waals surface area contributed by atoms with Gasteiger partial charge < -0.3 is 14.8 Å². The van der Waals surface area contributed by atoms with Crippen molar-refractivity contribution in [1.82, 2.24) is 19.7 Å². The van der Waals surface area contributed by atoms with E-state index in [0.29, 0.717) is 23.2 Å². The van der Waals surface area contributed by atoms with Crippen LogP contribution in [0.15, 0.2) is 60.9 Å². The fourth-order valence-corrected chi connectivity index (χ4v) is 4.06. The molecule has 0 spiro atoms. The van der Waals surface area contributed by atoms with Gasteiger partial charge in [0.25, 0.3) is 0 Å². The molecule has 0 bridgehead atoms. The summed E-state index contributed by atoms with van der Waals surface area (Å²) in [6.07, 6.45) is 2.93. The first-order valence-corrected chi connectivity index (χ1v) is 11.0. The van der Waals surface area contributed by atoms with E-state index < -0.39 is 11.7 Å². The summed E-state index contributed by atoms with van der Waals surface area (Å²) in [6.45, 7) is 5.84. The van der Waals surface area contributed by atoms with Crippen LogP contribution in [0, 0.1) is 0 Å². The highest BCUT2D eigenvalue weighted by Gasteiger charge is 2.29. The molecule has 0 aliphatic carbocycles. The summed E-state index contributed by atoms with van der Waals surface area (Å²) in [7, 11) is 0. The van der Waals surface area contributed by atoms with Crippen LogP contribution in [0.2, 0.25) is 5.02 Å². The van der Waals surface area contributed by atoms with E-state index in [0.717, 1.165) is 28.1 Å². The molecule has 2 aromatic carbocycles. The Hall–Kier alpha value is -3.58. The Balaban J connectivity index is 1.53. The smallest absolute Gasteiger partial charge is 0.408 e. The number of carbonyl (C=O) groups excluding carboxylic acids is 1. The number of alkyl carbamates (subject to hydrolysis) is 1. The van der Waals surface area contributed by atoms with Gasteiger partial charge >= 0.3 is 6.09 Å². The Labute approximate surface area is 196 Å². The average molecular weight is 463 g/mol. The molecule has 0 saturated carbocycles. The van der Waals surface area contributed by atoms with Gasteiger partial charge in [-0.2, -0.15) is 0 Å². The lowest BCUT2D eigenvalue weighted by molar-refractivity contribution is 0.0497. The molecule has 1 aliphatic heterocycles. The van der Waals surface area contributed by atoms with Crippen LogP contribution in [-0.4, -0.2) is 32.7 Å². The van der Waals surface area contributed by atoms with E-state index in [9.17, 15) is 4.79 Å². The lowest BCUT2D eigenvalue weighted by atomic mass is 10.0. The number of fused-ring (bicyclic) bond motifs is 2. The van der Waals surface area contributed by atoms with Crippen molar-refractivity contribution in [3.8, 4) is 28.3 Å². The Morgan fingerprint density at radius 2 is 1.97 bits per heavy atom. The van der Waals surface area contributed by atoms with Crippen molar-refractivity contribution in [2.24, 2.45) is 0 Å². The van der Waals surface area contributed by atoms with E-state index in [4.69, 9.17) is 26.1 Å². The second-order valence-electron chi connectivity index (χ2n) is 8.88. The molecule has 1 aliphatic rings. The van der Waals surface area contributed by atoms with E-state index >= 15 is 0 Å². The van der Waals surface area contributed by atoms with Gasteiger partial charge in [0.05, 0.1) is 28.6 Å². The maximum Gasteiger partial charge on any atom is 0.408 e. The number of nitrogens with zero attached hydrogens (tertiary/aromatic N) is 3. The quantitative estimate of drug-likeness (QED) is 0.424. The molecule has 4 aromatic rings. The SMILES string of the molecule is CC(C)(C)OC(=O)N[C@H]1COc2cc(-c3nc4ncc(Cl)cn4c3-c3ccccc3)ccc21. The molecule has 33 heavy (non-hydrogen) atoms. The average Bonchev–Trinajstić information content (AvgIpc) is 3.33. The fourth-order valence-electron chi connectivity index (χ4n) is 3.91. The summed E-state index contributed by atoms with van der Waals surface area (Å²) in [5, 5.41) is 3.41. The van der Waals surface area contributed by atoms with Crippen LogP contribution in [0.4, 0.5) is 4.79 Å². The monoisotopic (exact) mass is 462 g/mol. The number of rotatable bonds is 3. The molecule has 0 fully saturated rings. The summed E-state index contributed by atoms with van der Waals surface area (Å²) < 4.78 is 13.2. The highest BCUT2D eigenvalue weighted by atomic mass is 35.5. The van der Waals surface area contributed by atoms with Gasteiger partial charge in [0, 0.05) is 22.9 Å². The highest BCUT2D eigenvalue weighted by Crippen LogP contribution is 2.39. The Kier molecular flexibility index (Phi) is 5.21. The van der Waals surface area contributed by atoms with Crippen molar-refractivity contribution in [3.05, 3.63) is 71.5 Å². The number of amides is 1. The lowest BCUT2D eigenvalue weighted by Crippen LogP contribution is -2.35. The number of ether oxygens (including phenoxy) is 2. The minimum absolute atomic E-state index is 0.279. The van der Waals surface area contributed by atoms with Crippen LogP contribution in [0.1, 0.15) is 32.4 Å². The van der Waals surface area contributed by atoms with E-state index in [-0.39, 0.29) is 6.04 Å². The molecular weight excluding hydrogens is 440 g/mol. The third-order valence-electron chi connectivity index (χ3n) is 5.25. The first kappa shape index (κ1) is 21.3. The normalized spacial score (nSPS) is 15.2. The third kappa shape index (κ3) is 4.24. The van der Waals surface area contributed by atoms with Crippen molar-refractivity contribution in [1.29, 1.82) is 0 Å². The molecule has 168 valence electrons. The second-order valence-corrected chi connectivity index (χ2v) is 9.32. The van der Waals surface area contributed by atoms with Crippen molar-refractivity contribution in [2.45, 2.75) is 32.4 Å². The zero-order chi connectivity index (χ0) is 23.2. The summed E-state index contributed by atoms with van der Waals surface area (Å²) in [4.78, 5) is 21.4. The van der Waals surface area contributed by atoms with Crippen LogP contribution >= 0.6 is 11.6 Å². The maximum atomic E-state index is 12.2. The zero-order valence-corrected chi connectivity index (χ0v) is 19.3. The van der Waals surface area contributed by atoms with Gasteiger partial charge in [0.2, 0.25) is 5.78 Å². The van der Waals surface area contributed by atoms with Gasteiger partial charge in [-0.1, -0.05) is 54.1 Å². The van der Waals surface area contributed by atoms with E-state index in [2.05, 4.69) is 10.3 Å². The molecule has 3 heterocycles. The molecule has 8 heteroatoms. The Bertz CT molecular complexity index is 1350.